The van der Waals surface area contributed by atoms with Crippen molar-refractivity contribution in [1.82, 2.24) is 4.57 Å². The summed E-state index contributed by atoms with van der Waals surface area (Å²) in [5.41, 5.74) is 5.38. The number of carboxylic acid groups (broad SMARTS) is 1. The quantitative estimate of drug-likeness (QED) is 0.269. The van der Waals surface area contributed by atoms with E-state index in [9.17, 15) is 9.90 Å². The van der Waals surface area contributed by atoms with Crippen molar-refractivity contribution >= 4 is 50.1 Å². The van der Waals surface area contributed by atoms with E-state index in [2.05, 4.69) is 59.4 Å². The van der Waals surface area contributed by atoms with Gasteiger partial charge >= 0.3 is 5.97 Å². The number of anilines is 1. The van der Waals surface area contributed by atoms with Crippen LogP contribution >= 0.6 is 27.5 Å². The van der Waals surface area contributed by atoms with Gasteiger partial charge in [-0.1, -0.05) is 61.8 Å². The molecule has 0 aliphatic rings. The van der Waals surface area contributed by atoms with Gasteiger partial charge < -0.3 is 15.0 Å². The molecule has 32 heavy (non-hydrogen) atoms. The fourth-order valence-electron chi connectivity index (χ4n) is 3.87. The minimum Gasteiger partial charge on any atom is -0.477 e. The lowest BCUT2D eigenvalue weighted by molar-refractivity contribution is 0.0686. The smallest absolute Gasteiger partial charge is 0.352 e. The van der Waals surface area contributed by atoms with Gasteiger partial charge in [-0.05, 0) is 68.9 Å². The maximum Gasteiger partial charge on any atom is 0.352 e. The molecule has 164 valence electrons. The third kappa shape index (κ3) is 4.69. The average Bonchev–Trinajstić information content (AvgIpc) is 3.14. The van der Waals surface area contributed by atoms with E-state index in [1.54, 1.807) is 6.07 Å². The van der Waals surface area contributed by atoms with Crippen LogP contribution in [-0.2, 0) is 13.1 Å². The SMILES string of the molecule is CC(C)c1ccc(CNc2ccc(Br)c3c2cc(C(=O)O)n3Cc2cccc(Cl)c2)cc1. The number of hydrogen-bond acceptors (Lipinski definition) is 2. The van der Waals surface area contributed by atoms with Crippen LogP contribution in [-0.4, -0.2) is 15.6 Å². The Morgan fingerprint density at radius 3 is 2.47 bits per heavy atom. The molecule has 0 atom stereocenters. The van der Waals surface area contributed by atoms with Gasteiger partial charge in [0.1, 0.15) is 5.69 Å². The molecule has 2 N–H and O–H groups in total. The molecule has 0 fully saturated rings. The molecular weight excluding hydrogens is 488 g/mol. The Labute approximate surface area is 201 Å². The van der Waals surface area contributed by atoms with Crippen LogP contribution in [0.4, 0.5) is 5.69 Å². The van der Waals surface area contributed by atoms with Crippen LogP contribution in [0.25, 0.3) is 10.9 Å². The van der Waals surface area contributed by atoms with E-state index in [1.165, 1.54) is 11.1 Å². The Balaban J connectivity index is 1.70. The summed E-state index contributed by atoms with van der Waals surface area (Å²) in [6, 6.07) is 21.7. The number of nitrogens with zero attached hydrogens (tertiary/aromatic N) is 1. The molecule has 0 aliphatic carbocycles. The highest BCUT2D eigenvalue weighted by atomic mass is 79.9. The Bertz CT molecular complexity index is 1280. The van der Waals surface area contributed by atoms with Crippen LogP contribution in [0.5, 0.6) is 0 Å². The Morgan fingerprint density at radius 2 is 1.81 bits per heavy atom. The van der Waals surface area contributed by atoms with Crippen molar-refractivity contribution in [3.63, 3.8) is 0 Å². The first kappa shape index (κ1) is 22.4. The predicted molar refractivity (Wildman–Crippen MR) is 135 cm³/mol. The average molecular weight is 512 g/mol. The number of rotatable bonds is 7. The van der Waals surface area contributed by atoms with Crippen LogP contribution in [0.2, 0.25) is 5.02 Å². The summed E-state index contributed by atoms with van der Waals surface area (Å²) in [6.45, 7) is 5.42. The minimum atomic E-state index is -0.967. The third-order valence-corrected chi connectivity index (χ3v) is 6.46. The van der Waals surface area contributed by atoms with Crippen molar-refractivity contribution in [2.75, 3.05) is 5.32 Å². The fraction of sp³-hybridized carbons (Fsp3) is 0.192. The van der Waals surface area contributed by atoms with Crippen LogP contribution in [0.15, 0.2) is 71.2 Å². The van der Waals surface area contributed by atoms with E-state index < -0.39 is 5.97 Å². The second-order valence-electron chi connectivity index (χ2n) is 8.16. The molecule has 0 saturated heterocycles. The van der Waals surface area contributed by atoms with Gasteiger partial charge in [0.25, 0.3) is 0 Å². The monoisotopic (exact) mass is 510 g/mol. The zero-order valence-electron chi connectivity index (χ0n) is 17.9. The highest BCUT2D eigenvalue weighted by molar-refractivity contribution is 9.10. The summed E-state index contributed by atoms with van der Waals surface area (Å²) >= 11 is 9.77. The summed E-state index contributed by atoms with van der Waals surface area (Å²) in [4.78, 5) is 12.1. The standard InChI is InChI=1S/C26H24BrClN2O2/c1-16(2)19-8-6-17(7-9-19)14-29-23-11-10-22(27)25-21(23)13-24(26(31)32)30(25)15-18-4-3-5-20(28)12-18/h3-13,16,29H,14-15H2,1-2H3,(H,31,32). The van der Waals surface area contributed by atoms with Gasteiger partial charge in [0.05, 0.1) is 5.52 Å². The van der Waals surface area contributed by atoms with Crippen molar-refractivity contribution in [2.45, 2.75) is 32.9 Å². The van der Waals surface area contributed by atoms with E-state index in [0.717, 1.165) is 26.6 Å². The lowest BCUT2D eigenvalue weighted by Crippen LogP contribution is -2.09. The number of fused-ring (bicyclic) bond motifs is 1. The third-order valence-electron chi connectivity index (χ3n) is 5.59. The molecular formula is C26H24BrClN2O2. The molecule has 4 nitrogen and oxygen atoms in total. The Hall–Kier alpha value is -2.76. The molecule has 0 spiro atoms. The number of carboxylic acids is 1. The number of benzene rings is 3. The highest BCUT2D eigenvalue weighted by Crippen LogP contribution is 2.34. The van der Waals surface area contributed by atoms with E-state index in [0.29, 0.717) is 24.0 Å². The number of hydrogen-bond donors (Lipinski definition) is 2. The van der Waals surface area contributed by atoms with Gasteiger partial charge in [-0.3, -0.25) is 0 Å². The second-order valence-corrected chi connectivity index (χ2v) is 9.45. The molecule has 0 aliphatic heterocycles. The van der Waals surface area contributed by atoms with Crippen molar-refractivity contribution in [3.05, 3.63) is 98.6 Å². The normalized spacial score (nSPS) is 11.3. The Kier molecular flexibility index (Phi) is 6.58. The zero-order chi connectivity index (χ0) is 22.8. The van der Waals surface area contributed by atoms with Crippen molar-refractivity contribution in [2.24, 2.45) is 0 Å². The summed E-state index contributed by atoms with van der Waals surface area (Å²) in [5.74, 6) is -0.470. The molecule has 3 aromatic carbocycles. The molecule has 4 aromatic rings. The topological polar surface area (TPSA) is 54.3 Å². The maximum atomic E-state index is 12.1. The molecule has 0 bridgehead atoms. The first-order valence-corrected chi connectivity index (χ1v) is 11.6. The molecule has 0 radical (unpaired) electrons. The first-order valence-electron chi connectivity index (χ1n) is 10.5. The molecule has 1 aromatic heterocycles. The number of aromatic carboxylic acids is 1. The van der Waals surface area contributed by atoms with Crippen molar-refractivity contribution in [1.29, 1.82) is 0 Å². The molecule has 0 unspecified atom stereocenters. The number of aromatic nitrogens is 1. The van der Waals surface area contributed by atoms with Crippen LogP contribution in [0.3, 0.4) is 0 Å². The largest absolute Gasteiger partial charge is 0.477 e. The van der Waals surface area contributed by atoms with E-state index in [4.69, 9.17) is 11.6 Å². The summed E-state index contributed by atoms with van der Waals surface area (Å²) in [6.07, 6.45) is 0. The number of nitrogens with one attached hydrogen (secondary N) is 1. The van der Waals surface area contributed by atoms with Crippen LogP contribution in [0.1, 0.15) is 46.9 Å². The Morgan fingerprint density at radius 1 is 1.06 bits per heavy atom. The van der Waals surface area contributed by atoms with Crippen molar-refractivity contribution < 1.29 is 9.90 Å². The molecule has 0 saturated carbocycles. The second kappa shape index (κ2) is 9.39. The van der Waals surface area contributed by atoms with Crippen LogP contribution < -0.4 is 5.32 Å². The minimum absolute atomic E-state index is 0.233. The molecule has 1 heterocycles. The van der Waals surface area contributed by atoms with E-state index in [-0.39, 0.29) is 5.69 Å². The lowest BCUT2D eigenvalue weighted by atomic mass is 10.0. The molecule has 0 amide bonds. The van der Waals surface area contributed by atoms with Gasteiger partial charge in [0, 0.05) is 33.7 Å². The van der Waals surface area contributed by atoms with Gasteiger partial charge in [-0.15, -0.1) is 0 Å². The molecule has 6 heteroatoms. The first-order chi connectivity index (χ1) is 15.3. The lowest BCUT2D eigenvalue weighted by Gasteiger charge is -2.13. The summed E-state index contributed by atoms with van der Waals surface area (Å²) < 4.78 is 2.66. The van der Waals surface area contributed by atoms with E-state index in [1.807, 2.05) is 41.0 Å². The zero-order valence-corrected chi connectivity index (χ0v) is 20.2. The summed E-state index contributed by atoms with van der Waals surface area (Å²) in [5, 5.41) is 14.8. The van der Waals surface area contributed by atoms with Gasteiger partial charge in [0.15, 0.2) is 0 Å². The number of halogens is 2. The highest BCUT2D eigenvalue weighted by Gasteiger charge is 2.19. The molecule has 4 rings (SSSR count). The van der Waals surface area contributed by atoms with Crippen LogP contribution in [0, 0.1) is 0 Å². The van der Waals surface area contributed by atoms with E-state index >= 15 is 0 Å². The van der Waals surface area contributed by atoms with Gasteiger partial charge in [-0.25, -0.2) is 4.79 Å². The fourth-order valence-corrected chi connectivity index (χ4v) is 4.64. The predicted octanol–water partition coefficient (Wildman–Crippen LogP) is 7.54. The van der Waals surface area contributed by atoms with Gasteiger partial charge in [0.2, 0.25) is 0 Å². The van der Waals surface area contributed by atoms with Crippen molar-refractivity contribution in [3.8, 4) is 0 Å². The maximum absolute atomic E-state index is 12.1. The van der Waals surface area contributed by atoms with Gasteiger partial charge in [-0.2, -0.15) is 0 Å². The number of carbonyl (C=O) groups is 1. The summed E-state index contributed by atoms with van der Waals surface area (Å²) in [7, 11) is 0.